The fourth-order valence-corrected chi connectivity index (χ4v) is 2.80. The number of esters is 1. The van der Waals surface area contributed by atoms with Crippen LogP contribution in [-0.2, 0) is 9.53 Å². The molecule has 2 bridgehead atoms. The van der Waals surface area contributed by atoms with Crippen molar-refractivity contribution in [3.05, 3.63) is 24.8 Å². The minimum absolute atomic E-state index is 0.303. The summed E-state index contributed by atoms with van der Waals surface area (Å²) in [4.78, 5) is 10.8. The highest BCUT2D eigenvalue weighted by Gasteiger charge is 2.34. The molecule has 82 valence electrons. The van der Waals surface area contributed by atoms with Crippen LogP contribution in [0, 0.1) is 17.8 Å². The molecule has 0 radical (unpaired) electrons. The number of allylic oxidation sites excluding steroid dienone is 2. The monoisotopic (exact) mass is 206 g/mol. The molecule has 0 aromatic rings. The second-order valence-electron chi connectivity index (χ2n) is 4.55. The first-order valence-electron chi connectivity index (χ1n) is 5.77. The van der Waals surface area contributed by atoms with E-state index in [1.807, 2.05) is 0 Å². The van der Waals surface area contributed by atoms with Gasteiger partial charge >= 0.3 is 5.97 Å². The van der Waals surface area contributed by atoms with Gasteiger partial charge in [0, 0.05) is 6.08 Å². The third-order valence-electron chi connectivity index (χ3n) is 3.55. The summed E-state index contributed by atoms with van der Waals surface area (Å²) in [5.41, 5.74) is 0. The van der Waals surface area contributed by atoms with Gasteiger partial charge in [-0.1, -0.05) is 18.7 Å². The number of carbonyl (C=O) groups excluding carboxylic acids is 1. The maximum atomic E-state index is 10.8. The fourth-order valence-electron chi connectivity index (χ4n) is 2.80. The van der Waals surface area contributed by atoms with E-state index >= 15 is 0 Å². The van der Waals surface area contributed by atoms with E-state index in [1.54, 1.807) is 0 Å². The number of hydrogen-bond donors (Lipinski definition) is 0. The molecule has 15 heavy (non-hydrogen) atoms. The molecule has 0 amide bonds. The summed E-state index contributed by atoms with van der Waals surface area (Å²) in [5, 5.41) is 0. The summed E-state index contributed by atoms with van der Waals surface area (Å²) in [6, 6.07) is 0. The van der Waals surface area contributed by atoms with Gasteiger partial charge in [0.25, 0.3) is 0 Å². The largest absolute Gasteiger partial charge is 0.463 e. The first-order chi connectivity index (χ1) is 7.29. The zero-order valence-corrected chi connectivity index (χ0v) is 9.02. The molecule has 2 aliphatic carbocycles. The van der Waals surface area contributed by atoms with Crippen molar-refractivity contribution < 1.29 is 9.53 Å². The minimum Gasteiger partial charge on any atom is -0.463 e. The van der Waals surface area contributed by atoms with Crippen LogP contribution in [0.2, 0.25) is 0 Å². The van der Waals surface area contributed by atoms with Gasteiger partial charge in [0.15, 0.2) is 0 Å². The Morgan fingerprint density at radius 1 is 1.47 bits per heavy atom. The van der Waals surface area contributed by atoms with Gasteiger partial charge in [0.2, 0.25) is 0 Å². The van der Waals surface area contributed by atoms with E-state index in [1.165, 1.54) is 25.3 Å². The van der Waals surface area contributed by atoms with Crippen LogP contribution in [0.3, 0.4) is 0 Å². The molecule has 0 saturated heterocycles. The molecule has 2 heteroatoms. The average Bonchev–Trinajstić information content (AvgIpc) is 2.85. The normalized spacial score (nSPS) is 31.9. The van der Waals surface area contributed by atoms with Gasteiger partial charge < -0.3 is 4.74 Å². The highest BCUT2D eigenvalue weighted by molar-refractivity contribution is 5.81. The second kappa shape index (κ2) is 4.65. The summed E-state index contributed by atoms with van der Waals surface area (Å²) >= 11 is 0. The van der Waals surface area contributed by atoms with Crippen LogP contribution in [0.15, 0.2) is 24.8 Å². The van der Waals surface area contributed by atoms with Crippen LogP contribution in [0.5, 0.6) is 0 Å². The van der Waals surface area contributed by atoms with E-state index in [0.29, 0.717) is 6.61 Å². The summed E-state index contributed by atoms with van der Waals surface area (Å²) in [5.74, 6) is 2.19. The van der Waals surface area contributed by atoms with E-state index in [2.05, 4.69) is 18.7 Å². The predicted molar refractivity (Wildman–Crippen MR) is 59.2 cm³/mol. The van der Waals surface area contributed by atoms with Gasteiger partial charge in [-0.05, 0) is 43.4 Å². The fraction of sp³-hybridized carbons (Fsp3) is 0.615. The zero-order chi connectivity index (χ0) is 10.7. The van der Waals surface area contributed by atoms with E-state index in [9.17, 15) is 4.79 Å². The van der Waals surface area contributed by atoms with Gasteiger partial charge in [-0.25, -0.2) is 4.79 Å². The number of fused-ring (bicyclic) bond motifs is 2. The number of hydrogen-bond acceptors (Lipinski definition) is 2. The Balaban J connectivity index is 1.61. The first kappa shape index (κ1) is 10.5. The molecule has 2 rings (SSSR count). The van der Waals surface area contributed by atoms with Crippen molar-refractivity contribution in [1.82, 2.24) is 0 Å². The highest BCUT2D eigenvalue weighted by Crippen LogP contribution is 2.45. The lowest BCUT2D eigenvalue weighted by molar-refractivity contribution is -0.137. The summed E-state index contributed by atoms with van der Waals surface area (Å²) in [6.07, 6.45) is 10.8. The lowest BCUT2D eigenvalue weighted by atomic mass is 9.89. The highest BCUT2D eigenvalue weighted by atomic mass is 16.5. The number of ether oxygens (including phenoxy) is 1. The second-order valence-corrected chi connectivity index (χ2v) is 4.55. The quantitative estimate of drug-likeness (QED) is 0.299. The standard InChI is InChI=1S/C13H18O2/c1-2-13(14)15-7-3-4-11-8-10-5-6-12(11)9-10/h2,5-6,10-12H,1,3-4,7-9H2. The molecule has 2 nitrogen and oxygen atoms in total. The van der Waals surface area contributed by atoms with Crippen molar-refractivity contribution in [3.63, 3.8) is 0 Å². The van der Waals surface area contributed by atoms with Gasteiger partial charge in [-0.2, -0.15) is 0 Å². The SMILES string of the molecule is C=CC(=O)OCCCC1CC2C=CC1C2. The Bertz CT molecular complexity index is 280. The third-order valence-corrected chi connectivity index (χ3v) is 3.55. The van der Waals surface area contributed by atoms with Crippen LogP contribution in [0.4, 0.5) is 0 Å². The molecule has 0 aromatic heterocycles. The van der Waals surface area contributed by atoms with Crippen LogP contribution in [0.1, 0.15) is 25.7 Å². The molecular formula is C13H18O2. The van der Waals surface area contributed by atoms with Crippen molar-refractivity contribution in [3.8, 4) is 0 Å². The summed E-state index contributed by atoms with van der Waals surface area (Å²) in [7, 11) is 0. The molecule has 3 unspecified atom stereocenters. The maximum absolute atomic E-state index is 10.8. The number of rotatable bonds is 5. The number of carbonyl (C=O) groups is 1. The summed E-state index contributed by atoms with van der Waals surface area (Å²) < 4.78 is 4.96. The first-order valence-corrected chi connectivity index (χ1v) is 5.77. The van der Waals surface area contributed by atoms with E-state index < -0.39 is 0 Å². The van der Waals surface area contributed by atoms with Crippen molar-refractivity contribution in [2.45, 2.75) is 25.7 Å². The van der Waals surface area contributed by atoms with Crippen molar-refractivity contribution in [1.29, 1.82) is 0 Å². The van der Waals surface area contributed by atoms with Crippen LogP contribution in [-0.4, -0.2) is 12.6 Å². The molecule has 1 fully saturated rings. The van der Waals surface area contributed by atoms with E-state index in [-0.39, 0.29) is 5.97 Å². The molecule has 0 aromatic carbocycles. The van der Waals surface area contributed by atoms with Crippen LogP contribution >= 0.6 is 0 Å². The Labute approximate surface area is 91.0 Å². The van der Waals surface area contributed by atoms with Gasteiger partial charge in [0.1, 0.15) is 0 Å². The smallest absolute Gasteiger partial charge is 0.330 e. The Hall–Kier alpha value is -1.05. The lowest BCUT2D eigenvalue weighted by Crippen LogP contribution is -2.09. The van der Waals surface area contributed by atoms with Crippen molar-refractivity contribution in [2.75, 3.05) is 6.61 Å². The molecular weight excluding hydrogens is 188 g/mol. The van der Waals surface area contributed by atoms with Crippen LogP contribution < -0.4 is 0 Å². The maximum Gasteiger partial charge on any atom is 0.330 e. The molecule has 0 aliphatic heterocycles. The average molecular weight is 206 g/mol. The van der Waals surface area contributed by atoms with Gasteiger partial charge in [0.05, 0.1) is 6.61 Å². The minimum atomic E-state index is -0.303. The van der Waals surface area contributed by atoms with Crippen molar-refractivity contribution in [2.24, 2.45) is 17.8 Å². The van der Waals surface area contributed by atoms with E-state index in [0.717, 1.165) is 24.2 Å². The molecule has 3 atom stereocenters. The van der Waals surface area contributed by atoms with Gasteiger partial charge in [-0.15, -0.1) is 0 Å². The Morgan fingerprint density at radius 3 is 2.93 bits per heavy atom. The van der Waals surface area contributed by atoms with Gasteiger partial charge in [-0.3, -0.25) is 0 Å². The molecule has 0 spiro atoms. The molecule has 1 saturated carbocycles. The van der Waals surface area contributed by atoms with Crippen LogP contribution in [0.25, 0.3) is 0 Å². The van der Waals surface area contributed by atoms with Crippen molar-refractivity contribution >= 4 is 5.97 Å². The third kappa shape index (κ3) is 2.49. The topological polar surface area (TPSA) is 26.3 Å². The lowest BCUT2D eigenvalue weighted by Gasteiger charge is -2.17. The van der Waals surface area contributed by atoms with E-state index in [4.69, 9.17) is 4.74 Å². The molecule has 0 heterocycles. The zero-order valence-electron chi connectivity index (χ0n) is 9.02. The Morgan fingerprint density at radius 2 is 2.33 bits per heavy atom. The summed E-state index contributed by atoms with van der Waals surface area (Å²) in [6.45, 7) is 3.91. The Kier molecular flexibility index (Phi) is 3.24. The predicted octanol–water partition coefficient (Wildman–Crippen LogP) is 2.71. The molecule has 2 aliphatic rings. The molecule has 0 N–H and O–H groups in total.